The number of ether oxygens (including phenoxy) is 1. The van der Waals surface area contributed by atoms with E-state index >= 15 is 0 Å². The second-order valence-corrected chi connectivity index (χ2v) is 9.33. The number of carbonyl (C=O) groups is 3. The molecule has 3 N–H and O–H groups in total. The van der Waals surface area contributed by atoms with Crippen molar-refractivity contribution in [3.63, 3.8) is 0 Å². The maximum absolute atomic E-state index is 12.6. The molecule has 11 heteroatoms. The lowest BCUT2D eigenvalue weighted by atomic mass is 9.77. The van der Waals surface area contributed by atoms with Gasteiger partial charge in [-0.15, -0.1) is 0 Å². The number of carboxylic acid groups (broad SMARTS) is 1. The van der Waals surface area contributed by atoms with E-state index in [2.05, 4.69) is 5.32 Å². The van der Waals surface area contributed by atoms with Crippen molar-refractivity contribution in [2.75, 3.05) is 12.3 Å². The number of amides is 1. The molecule has 31 heavy (non-hydrogen) atoms. The van der Waals surface area contributed by atoms with Gasteiger partial charge in [0.1, 0.15) is 6.10 Å². The molecule has 1 rings (SSSR count). The van der Waals surface area contributed by atoms with E-state index in [0.29, 0.717) is 5.56 Å². The Labute approximate surface area is 181 Å². The van der Waals surface area contributed by atoms with Gasteiger partial charge >= 0.3 is 11.9 Å². The van der Waals surface area contributed by atoms with Gasteiger partial charge in [-0.25, -0.2) is 4.79 Å². The molecule has 0 aliphatic rings. The van der Waals surface area contributed by atoms with Crippen LogP contribution in [-0.2, 0) is 33.4 Å². The number of hydrogen-bond donors (Lipinski definition) is 3. The molecule has 0 spiro atoms. The molecule has 0 fully saturated rings. The van der Waals surface area contributed by atoms with Crippen LogP contribution in [0, 0.1) is 5.41 Å². The minimum absolute atomic E-state index is 0.0418. The number of rotatable bonds is 12. The lowest BCUT2D eigenvalue weighted by molar-refractivity contribution is -0.170. The van der Waals surface area contributed by atoms with Gasteiger partial charge in [-0.2, -0.15) is 8.42 Å². The van der Waals surface area contributed by atoms with Crippen LogP contribution in [0.25, 0.3) is 0 Å². The van der Waals surface area contributed by atoms with Crippen molar-refractivity contribution in [1.29, 1.82) is 0 Å². The molecule has 2 unspecified atom stereocenters. The normalized spacial score (nSPS) is 14.9. The maximum atomic E-state index is 12.6. The fourth-order valence-corrected chi connectivity index (χ4v) is 4.14. The van der Waals surface area contributed by atoms with Crippen molar-refractivity contribution < 1.29 is 41.9 Å². The fraction of sp³-hybridized carbons (Fsp3) is 0.550. The van der Waals surface area contributed by atoms with Gasteiger partial charge in [0.15, 0.2) is 12.2 Å². The number of aliphatic hydroxyl groups excluding tert-OH is 1. The molecule has 1 aromatic rings. The van der Waals surface area contributed by atoms with Gasteiger partial charge in [0.05, 0.1) is 5.75 Å². The van der Waals surface area contributed by atoms with Crippen molar-refractivity contribution in [3.05, 3.63) is 35.9 Å². The molecule has 10 nitrogen and oxygen atoms in total. The summed E-state index contributed by atoms with van der Waals surface area (Å²) < 4.78 is 36.0. The standard InChI is InChI=1S/C20H29NO9S/c1-13(22)21-11-8-12-31(27,28)30-18(20(3,4)17(24)19(25)26)16(29-14(2)23)15-9-6-5-7-10-15/h5-7,9-10,16-18,24H,8,11-12H2,1-4H3,(H,21,22)(H,25,26)/t16?,17-,18?/m0/s1. The molecule has 0 radical (unpaired) electrons. The van der Waals surface area contributed by atoms with Crippen molar-refractivity contribution in [2.24, 2.45) is 5.41 Å². The van der Waals surface area contributed by atoms with Gasteiger partial charge < -0.3 is 20.3 Å². The minimum Gasteiger partial charge on any atom is -0.479 e. The van der Waals surface area contributed by atoms with Crippen LogP contribution in [-0.4, -0.2) is 61.0 Å². The van der Waals surface area contributed by atoms with E-state index in [1.807, 2.05) is 0 Å². The van der Waals surface area contributed by atoms with E-state index in [0.717, 1.165) is 6.92 Å². The number of hydrogen-bond acceptors (Lipinski definition) is 8. The lowest BCUT2D eigenvalue weighted by Crippen LogP contribution is -2.50. The molecular formula is C20H29NO9S. The summed E-state index contributed by atoms with van der Waals surface area (Å²) >= 11 is 0. The SMILES string of the molecule is CC(=O)NCCCS(=O)(=O)OC(C(OC(C)=O)c1ccccc1)C(C)(C)[C@@H](O)C(=O)O. The largest absolute Gasteiger partial charge is 0.479 e. The molecule has 1 amide bonds. The van der Waals surface area contributed by atoms with Crippen LogP contribution in [0.4, 0.5) is 0 Å². The lowest BCUT2D eigenvalue weighted by Gasteiger charge is -2.39. The summed E-state index contributed by atoms with van der Waals surface area (Å²) in [6.45, 7) is 5.12. The van der Waals surface area contributed by atoms with Gasteiger partial charge in [-0.05, 0) is 12.0 Å². The molecule has 0 heterocycles. The highest BCUT2D eigenvalue weighted by Crippen LogP contribution is 2.39. The summed E-state index contributed by atoms with van der Waals surface area (Å²) in [5.74, 6) is -3.13. The highest BCUT2D eigenvalue weighted by molar-refractivity contribution is 7.86. The molecule has 3 atom stereocenters. The number of nitrogens with one attached hydrogen (secondary N) is 1. The average molecular weight is 460 g/mol. The third-order valence-electron chi connectivity index (χ3n) is 4.56. The Morgan fingerprint density at radius 1 is 1.13 bits per heavy atom. The van der Waals surface area contributed by atoms with Crippen molar-refractivity contribution >= 4 is 28.0 Å². The molecule has 0 saturated carbocycles. The summed E-state index contributed by atoms with van der Waals surface area (Å²) in [5.41, 5.74) is -1.33. The molecule has 174 valence electrons. The zero-order chi connectivity index (χ0) is 23.8. The Morgan fingerprint density at radius 2 is 1.71 bits per heavy atom. The van der Waals surface area contributed by atoms with E-state index < -0.39 is 51.5 Å². The summed E-state index contributed by atoms with van der Waals surface area (Å²) in [4.78, 5) is 34.2. The fourth-order valence-electron chi connectivity index (χ4n) is 2.88. The predicted octanol–water partition coefficient (Wildman–Crippen LogP) is 1.00. The highest BCUT2D eigenvalue weighted by Gasteiger charge is 2.49. The second kappa shape index (κ2) is 11.2. The number of aliphatic hydroxyl groups is 1. The van der Waals surface area contributed by atoms with Crippen LogP contribution in [0.1, 0.15) is 45.8 Å². The van der Waals surface area contributed by atoms with Crippen LogP contribution in [0.3, 0.4) is 0 Å². The minimum atomic E-state index is -4.26. The Balaban J connectivity index is 3.34. The second-order valence-electron chi connectivity index (χ2n) is 7.62. The van der Waals surface area contributed by atoms with Gasteiger partial charge in [0.2, 0.25) is 5.91 Å². The van der Waals surface area contributed by atoms with Crippen molar-refractivity contribution in [3.8, 4) is 0 Å². The third kappa shape index (κ3) is 8.27. The van der Waals surface area contributed by atoms with E-state index in [-0.39, 0.29) is 18.9 Å². The molecule has 0 bridgehead atoms. The van der Waals surface area contributed by atoms with E-state index in [4.69, 9.17) is 8.92 Å². The van der Waals surface area contributed by atoms with Gasteiger partial charge in [0, 0.05) is 25.8 Å². The Hall–Kier alpha value is -2.50. The molecular weight excluding hydrogens is 430 g/mol. The van der Waals surface area contributed by atoms with Gasteiger partial charge in [-0.3, -0.25) is 13.8 Å². The number of carboxylic acids is 1. The van der Waals surface area contributed by atoms with Crippen LogP contribution in [0.15, 0.2) is 30.3 Å². The van der Waals surface area contributed by atoms with Crippen LogP contribution in [0.2, 0.25) is 0 Å². The first-order chi connectivity index (χ1) is 14.3. The number of esters is 1. The Morgan fingerprint density at radius 3 is 2.19 bits per heavy atom. The molecule has 1 aromatic carbocycles. The smallest absolute Gasteiger partial charge is 0.333 e. The molecule has 0 aromatic heterocycles. The van der Waals surface area contributed by atoms with Crippen molar-refractivity contribution in [1.82, 2.24) is 5.32 Å². The van der Waals surface area contributed by atoms with Crippen molar-refractivity contribution in [2.45, 2.75) is 52.4 Å². The molecule has 0 aliphatic heterocycles. The van der Waals surface area contributed by atoms with E-state index in [9.17, 15) is 33.0 Å². The summed E-state index contributed by atoms with van der Waals surface area (Å²) in [6, 6.07) is 8.09. The average Bonchev–Trinajstić information content (AvgIpc) is 2.67. The number of aliphatic carboxylic acids is 1. The number of carbonyl (C=O) groups excluding carboxylic acids is 2. The zero-order valence-electron chi connectivity index (χ0n) is 17.9. The summed E-state index contributed by atoms with van der Waals surface area (Å²) in [5, 5.41) is 22.0. The Bertz CT molecular complexity index is 868. The number of benzene rings is 1. The molecule has 0 saturated heterocycles. The quantitative estimate of drug-likeness (QED) is 0.236. The maximum Gasteiger partial charge on any atom is 0.333 e. The first-order valence-electron chi connectivity index (χ1n) is 9.56. The van der Waals surface area contributed by atoms with Crippen LogP contribution < -0.4 is 5.32 Å². The summed E-state index contributed by atoms with van der Waals surface area (Å²) in [7, 11) is -4.26. The van der Waals surface area contributed by atoms with Crippen LogP contribution in [0.5, 0.6) is 0 Å². The zero-order valence-corrected chi connectivity index (χ0v) is 18.7. The topological polar surface area (TPSA) is 156 Å². The van der Waals surface area contributed by atoms with E-state index in [1.165, 1.54) is 20.8 Å². The molecule has 0 aliphatic carbocycles. The first kappa shape index (κ1) is 26.5. The Kier molecular flexibility index (Phi) is 9.60. The summed E-state index contributed by atoms with van der Waals surface area (Å²) in [6.07, 6.45) is -4.85. The first-order valence-corrected chi connectivity index (χ1v) is 11.1. The van der Waals surface area contributed by atoms with E-state index in [1.54, 1.807) is 30.3 Å². The monoisotopic (exact) mass is 459 g/mol. The van der Waals surface area contributed by atoms with Gasteiger partial charge in [-0.1, -0.05) is 44.2 Å². The predicted molar refractivity (Wildman–Crippen MR) is 110 cm³/mol. The van der Waals surface area contributed by atoms with Gasteiger partial charge in [0.25, 0.3) is 10.1 Å². The highest BCUT2D eigenvalue weighted by atomic mass is 32.2. The van der Waals surface area contributed by atoms with Crippen LogP contribution >= 0.6 is 0 Å². The third-order valence-corrected chi connectivity index (χ3v) is 5.85.